The van der Waals surface area contributed by atoms with Crippen LogP contribution in [0.15, 0.2) is 65.6 Å². The van der Waals surface area contributed by atoms with Crippen molar-refractivity contribution in [2.24, 2.45) is 0 Å². The number of anilines is 2. The Kier molecular flexibility index (Phi) is 7.03. The Morgan fingerprint density at radius 2 is 1.49 bits per heavy atom. The third kappa shape index (κ3) is 5.43. The van der Waals surface area contributed by atoms with E-state index in [1.165, 1.54) is 6.07 Å². The van der Waals surface area contributed by atoms with Crippen LogP contribution < -0.4 is 14.4 Å². The summed E-state index contributed by atoms with van der Waals surface area (Å²) in [5.41, 5.74) is 4.62. The fourth-order valence-electron chi connectivity index (χ4n) is 4.18. The summed E-state index contributed by atoms with van der Waals surface area (Å²) in [4.78, 5) is 17.3. The average Bonchev–Trinajstić information content (AvgIpc) is 2.86. The molecular weight excluding hydrogens is 462 g/mol. The fraction of sp³-hybridized carbons (Fsp3) is 0.296. The second-order valence-electron chi connectivity index (χ2n) is 8.86. The van der Waals surface area contributed by atoms with E-state index in [0.717, 1.165) is 22.6 Å². The molecule has 0 unspecified atom stereocenters. The summed E-state index contributed by atoms with van der Waals surface area (Å²) in [6.45, 7) is 8.16. The first-order chi connectivity index (χ1) is 16.7. The highest BCUT2D eigenvalue weighted by Gasteiger charge is 2.25. The maximum atomic E-state index is 13.2. The van der Waals surface area contributed by atoms with Crippen LogP contribution in [-0.4, -0.2) is 52.5 Å². The summed E-state index contributed by atoms with van der Waals surface area (Å²) in [6.07, 6.45) is 0. The average molecular weight is 494 g/mol. The van der Waals surface area contributed by atoms with E-state index in [4.69, 9.17) is 4.74 Å². The number of ether oxygens (including phenoxy) is 1. The second kappa shape index (κ2) is 10.00. The summed E-state index contributed by atoms with van der Waals surface area (Å²) in [5, 5.41) is 0. The predicted molar refractivity (Wildman–Crippen MR) is 139 cm³/mol. The van der Waals surface area contributed by atoms with E-state index in [-0.39, 0.29) is 10.8 Å². The molecule has 35 heavy (non-hydrogen) atoms. The van der Waals surface area contributed by atoms with Gasteiger partial charge in [0.15, 0.2) is 0 Å². The molecule has 1 fully saturated rings. The molecule has 4 rings (SSSR count). The van der Waals surface area contributed by atoms with Gasteiger partial charge in [-0.2, -0.15) is 0 Å². The van der Waals surface area contributed by atoms with Gasteiger partial charge in [-0.3, -0.25) is 9.52 Å². The van der Waals surface area contributed by atoms with Gasteiger partial charge in [-0.1, -0.05) is 12.1 Å². The van der Waals surface area contributed by atoms with Gasteiger partial charge in [-0.25, -0.2) is 8.42 Å². The number of nitrogens with zero attached hydrogens (tertiary/aromatic N) is 2. The number of carbonyl (C=O) groups is 1. The molecule has 7 nitrogen and oxygen atoms in total. The largest absolute Gasteiger partial charge is 0.497 e. The number of benzene rings is 3. The number of nitrogens with one attached hydrogen (secondary N) is 1. The van der Waals surface area contributed by atoms with Gasteiger partial charge in [0.2, 0.25) is 0 Å². The number of hydrogen-bond acceptors (Lipinski definition) is 5. The third-order valence-electron chi connectivity index (χ3n) is 6.49. The molecule has 1 saturated heterocycles. The number of sulfonamides is 1. The summed E-state index contributed by atoms with van der Waals surface area (Å²) in [7, 11) is -2.21. The summed E-state index contributed by atoms with van der Waals surface area (Å²) >= 11 is 0. The minimum absolute atomic E-state index is 0.110. The quantitative estimate of drug-likeness (QED) is 0.551. The lowest BCUT2D eigenvalue weighted by Crippen LogP contribution is -2.48. The molecule has 0 saturated carbocycles. The summed E-state index contributed by atoms with van der Waals surface area (Å²) < 4.78 is 34.2. The van der Waals surface area contributed by atoms with E-state index < -0.39 is 10.0 Å². The molecule has 1 heterocycles. The Morgan fingerprint density at radius 3 is 2.11 bits per heavy atom. The summed E-state index contributed by atoms with van der Waals surface area (Å²) in [5.74, 6) is 0.640. The van der Waals surface area contributed by atoms with Gasteiger partial charge >= 0.3 is 0 Å². The third-order valence-corrected chi connectivity index (χ3v) is 8.01. The van der Waals surface area contributed by atoms with Gasteiger partial charge in [0.05, 0.1) is 12.0 Å². The minimum Gasteiger partial charge on any atom is -0.497 e. The fourth-order valence-corrected chi connectivity index (χ4v) is 5.50. The van der Waals surface area contributed by atoms with Crippen LogP contribution in [-0.2, 0) is 10.0 Å². The number of carbonyl (C=O) groups excluding carboxylic acids is 1. The molecule has 1 amide bonds. The van der Waals surface area contributed by atoms with Crippen LogP contribution in [0.2, 0.25) is 0 Å². The molecule has 1 N–H and O–H groups in total. The first-order valence-electron chi connectivity index (χ1n) is 11.6. The Balaban J connectivity index is 1.47. The van der Waals surface area contributed by atoms with E-state index in [9.17, 15) is 13.2 Å². The molecule has 0 radical (unpaired) electrons. The number of hydrogen-bond donors (Lipinski definition) is 1. The Hall–Kier alpha value is -3.52. The molecule has 3 aromatic carbocycles. The topological polar surface area (TPSA) is 79.0 Å². The van der Waals surface area contributed by atoms with Crippen LogP contribution in [0.4, 0.5) is 11.4 Å². The first-order valence-corrected chi connectivity index (χ1v) is 13.1. The zero-order chi connectivity index (χ0) is 25.2. The van der Waals surface area contributed by atoms with Crippen LogP contribution >= 0.6 is 0 Å². The number of rotatable bonds is 6. The van der Waals surface area contributed by atoms with Crippen molar-refractivity contribution in [2.45, 2.75) is 25.7 Å². The molecule has 0 aromatic heterocycles. The lowest BCUT2D eigenvalue weighted by Gasteiger charge is -2.36. The lowest BCUT2D eigenvalue weighted by atomic mass is 10.1. The van der Waals surface area contributed by atoms with Crippen LogP contribution in [0.5, 0.6) is 5.75 Å². The number of methoxy groups -OCH3 is 1. The van der Waals surface area contributed by atoms with E-state index in [0.29, 0.717) is 43.0 Å². The van der Waals surface area contributed by atoms with E-state index in [2.05, 4.69) is 9.62 Å². The van der Waals surface area contributed by atoms with Crippen molar-refractivity contribution in [1.82, 2.24) is 4.90 Å². The van der Waals surface area contributed by atoms with Crippen LogP contribution in [0.3, 0.4) is 0 Å². The lowest BCUT2D eigenvalue weighted by molar-refractivity contribution is 0.0746. The first kappa shape index (κ1) is 24.6. The number of amides is 1. The standard InChI is InChI=1S/C27H31N3O4S/c1-19-6-8-23(17-21(19)3)28-35(32,33)26-18-22(7-5-20(26)2)27(31)30-15-13-29(14-16-30)24-9-11-25(34-4)12-10-24/h5-12,17-18,28H,13-16H2,1-4H3. The van der Waals surface area contributed by atoms with Gasteiger partial charge in [-0.05, 0) is 86.0 Å². The van der Waals surface area contributed by atoms with Crippen LogP contribution in [0.1, 0.15) is 27.0 Å². The second-order valence-corrected chi connectivity index (χ2v) is 10.5. The Morgan fingerprint density at radius 1 is 0.829 bits per heavy atom. The zero-order valence-electron chi connectivity index (χ0n) is 20.5. The SMILES string of the molecule is COc1ccc(N2CCN(C(=O)c3ccc(C)c(S(=O)(=O)Nc4ccc(C)c(C)c4)c3)CC2)cc1. The van der Waals surface area contributed by atoms with Crippen molar-refractivity contribution in [3.8, 4) is 5.75 Å². The maximum absolute atomic E-state index is 13.2. The Bertz CT molecular complexity index is 1330. The van der Waals surface area contributed by atoms with Gasteiger partial charge < -0.3 is 14.5 Å². The molecule has 8 heteroatoms. The predicted octanol–water partition coefficient (Wildman–Crippen LogP) is 4.38. The van der Waals surface area contributed by atoms with Crippen molar-refractivity contribution in [3.05, 3.63) is 82.9 Å². The molecule has 1 aliphatic heterocycles. The summed E-state index contributed by atoms with van der Waals surface area (Å²) in [6, 6.07) is 18.2. The van der Waals surface area contributed by atoms with Gasteiger partial charge in [0.25, 0.3) is 15.9 Å². The highest BCUT2D eigenvalue weighted by Crippen LogP contribution is 2.24. The molecule has 0 spiro atoms. The van der Waals surface area contributed by atoms with Crippen molar-refractivity contribution >= 4 is 27.3 Å². The maximum Gasteiger partial charge on any atom is 0.262 e. The van der Waals surface area contributed by atoms with Crippen molar-refractivity contribution in [1.29, 1.82) is 0 Å². The molecule has 3 aromatic rings. The van der Waals surface area contributed by atoms with Crippen LogP contribution in [0.25, 0.3) is 0 Å². The Labute approximate surface area is 207 Å². The van der Waals surface area contributed by atoms with Gasteiger partial charge in [0, 0.05) is 43.1 Å². The van der Waals surface area contributed by atoms with Crippen molar-refractivity contribution in [3.63, 3.8) is 0 Å². The van der Waals surface area contributed by atoms with E-state index in [1.54, 1.807) is 43.2 Å². The molecule has 184 valence electrons. The van der Waals surface area contributed by atoms with E-state index >= 15 is 0 Å². The van der Waals surface area contributed by atoms with Gasteiger partial charge in [-0.15, -0.1) is 0 Å². The molecule has 0 aliphatic carbocycles. The monoisotopic (exact) mass is 493 g/mol. The highest BCUT2D eigenvalue weighted by molar-refractivity contribution is 7.92. The number of piperazine rings is 1. The molecule has 0 atom stereocenters. The van der Waals surface area contributed by atoms with Crippen LogP contribution in [0, 0.1) is 20.8 Å². The van der Waals surface area contributed by atoms with Crippen molar-refractivity contribution in [2.75, 3.05) is 42.9 Å². The molecule has 1 aliphatic rings. The zero-order valence-corrected chi connectivity index (χ0v) is 21.4. The smallest absolute Gasteiger partial charge is 0.262 e. The number of aryl methyl sites for hydroxylation is 3. The normalized spacial score (nSPS) is 14.1. The van der Waals surface area contributed by atoms with Crippen molar-refractivity contribution < 1.29 is 17.9 Å². The minimum atomic E-state index is -3.85. The molecule has 0 bridgehead atoms. The van der Waals surface area contributed by atoms with Gasteiger partial charge in [0.1, 0.15) is 5.75 Å². The molecular formula is C27H31N3O4S. The van der Waals surface area contributed by atoms with E-state index in [1.807, 2.05) is 44.2 Å². The highest BCUT2D eigenvalue weighted by atomic mass is 32.2.